The second-order valence-electron chi connectivity index (χ2n) is 7.64. The highest BCUT2D eigenvalue weighted by Crippen LogP contribution is 2.28. The van der Waals surface area contributed by atoms with E-state index in [4.69, 9.17) is 9.47 Å². The number of nitrogens with one attached hydrogen (secondary N) is 1. The summed E-state index contributed by atoms with van der Waals surface area (Å²) in [4.78, 5) is 12.8. The molecule has 1 heterocycles. The Kier molecular flexibility index (Phi) is 7.56. The summed E-state index contributed by atoms with van der Waals surface area (Å²) in [5, 5.41) is 2.88. The fraction of sp³-hybridized carbons (Fsp3) is 0.435. The van der Waals surface area contributed by atoms with Crippen LogP contribution in [0.25, 0.3) is 0 Å². The third-order valence-corrected chi connectivity index (χ3v) is 7.55. The van der Waals surface area contributed by atoms with E-state index in [9.17, 15) is 13.2 Å². The molecule has 0 atom stereocenters. The molecule has 0 bridgehead atoms. The Balaban J connectivity index is 1.60. The van der Waals surface area contributed by atoms with E-state index in [1.807, 2.05) is 18.2 Å². The number of aryl methyl sites for hydroxylation is 2. The van der Waals surface area contributed by atoms with Crippen LogP contribution in [-0.4, -0.2) is 52.5 Å². The molecule has 8 heteroatoms. The second-order valence-corrected chi connectivity index (χ2v) is 9.55. The van der Waals surface area contributed by atoms with Crippen LogP contribution >= 0.6 is 0 Å². The lowest BCUT2D eigenvalue weighted by molar-refractivity contribution is 0.0953. The molecule has 1 saturated heterocycles. The molecule has 0 aromatic heterocycles. The fourth-order valence-corrected chi connectivity index (χ4v) is 5.49. The summed E-state index contributed by atoms with van der Waals surface area (Å²) in [7, 11) is -0.372. The first-order chi connectivity index (χ1) is 14.9. The Morgan fingerprint density at radius 3 is 2.42 bits per heavy atom. The number of ether oxygens (including phenoxy) is 2. The molecule has 7 nitrogen and oxygen atoms in total. The Hall–Kier alpha value is -2.58. The normalized spacial score (nSPS) is 14.4. The van der Waals surface area contributed by atoms with Crippen LogP contribution in [-0.2, 0) is 16.4 Å². The van der Waals surface area contributed by atoms with Gasteiger partial charge in [-0.3, -0.25) is 4.79 Å². The zero-order valence-corrected chi connectivity index (χ0v) is 19.1. The molecule has 2 aromatic carbocycles. The van der Waals surface area contributed by atoms with E-state index in [1.54, 1.807) is 33.3 Å². The molecule has 1 N–H and O–H groups in total. The van der Waals surface area contributed by atoms with Gasteiger partial charge in [0, 0.05) is 25.2 Å². The summed E-state index contributed by atoms with van der Waals surface area (Å²) < 4.78 is 37.9. The predicted octanol–water partition coefficient (Wildman–Crippen LogP) is 3.16. The maximum absolute atomic E-state index is 12.9. The summed E-state index contributed by atoms with van der Waals surface area (Å²) in [6, 6.07) is 10.6. The SMILES string of the molecule is COc1ccc(CCCNC(=O)c2ccc(C)c(S(=O)(=O)N3CCCC3)c2)cc1OC. The van der Waals surface area contributed by atoms with Gasteiger partial charge in [0.2, 0.25) is 10.0 Å². The topological polar surface area (TPSA) is 84.9 Å². The number of nitrogens with zero attached hydrogens (tertiary/aromatic N) is 1. The molecular weight excluding hydrogens is 416 g/mol. The second kappa shape index (κ2) is 10.2. The van der Waals surface area contributed by atoms with E-state index >= 15 is 0 Å². The largest absolute Gasteiger partial charge is 0.493 e. The van der Waals surface area contributed by atoms with E-state index in [0.29, 0.717) is 42.3 Å². The molecule has 0 aliphatic carbocycles. The molecule has 1 aliphatic rings. The zero-order valence-electron chi connectivity index (χ0n) is 18.3. The Morgan fingerprint density at radius 1 is 1.03 bits per heavy atom. The van der Waals surface area contributed by atoms with Crippen molar-refractivity contribution in [1.29, 1.82) is 0 Å². The highest BCUT2D eigenvalue weighted by Gasteiger charge is 2.29. The smallest absolute Gasteiger partial charge is 0.251 e. The Labute approximate surface area is 184 Å². The van der Waals surface area contributed by atoms with Gasteiger partial charge in [0.15, 0.2) is 11.5 Å². The van der Waals surface area contributed by atoms with Gasteiger partial charge in [0.1, 0.15) is 0 Å². The van der Waals surface area contributed by atoms with E-state index in [1.165, 1.54) is 10.4 Å². The molecule has 168 valence electrons. The van der Waals surface area contributed by atoms with Crippen LogP contribution in [0, 0.1) is 6.92 Å². The first-order valence-corrected chi connectivity index (χ1v) is 11.9. The van der Waals surface area contributed by atoms with Gasteiger partial charge in [0.25, 0.3) is 5.91 Å². The van der Waals surface area contributed by atoms with Crippen LogP contribution in [0.1, 0.15) is 40.7 Å². The summed E-state index contributed by atoms with van der Waals surface area (Å²) in [6.07, 6.45) is 3.26. The van der Waals surface area contributed by atoms with Gasteiger partial charge < -0.3 is 14.8 Å². The highest BCUT2D eigenvalue weighted by atomic mass is 32.2. The van der Waals surface area contributed by atoms with Gasteiger partial charge >= 0.3 is 0 Å². The van der Waals surface area contributed by atoms with E-state index < -0.39 is 10.0 Å². The molecule has 2 aromatic rings. The van der Waals surface area contributed by atoms with Crippen LogP contribution in [0.5, 0.6) is 11.5 Å². The maximum atomic E-state index is 12.9. The third kappa shape index (κ3) is 5.37. The van der Waals surface area contributed by atoms with Gasteiger partial charge in [0.05, 0.1) is 19.1 Å². The van der Waals surface area contributed by atoms with Gasteiger partial charge in [-0.25, -0.2) is 8.42 Å². The Morgan fingerprint density at radius 2 is 1.74 bits per heavy atom. The highest BCUT2D eigenvalue weighted by molar-refractivity contribution is 7.89. The number of rotatable bonds is 9. The Bertz CT molecular complexity index is 1030. The van der Waals surface area contributed by atoms with Crippen molar-refractivity contribution in [3.63, 3.8) is 0 Å². The lowest BCUT2D eigenvalue weighted by Crippen LogP contribution is -2.29. The minimum Gasteiger partial charge on any atom is -0.493 e. The monoisotopic (exact) mass is 446 g/mol. The van der Waals surface area contributed by atoms with E-state index in [-0.39, 0.29) is 10.8 Å². The number of carbonyl (C=O) groups is 1. The summed E-state index contributed by atoms with van der Waals surface area (Å²) in [5.74, 6) is 1.08. The first-order valence-electron chi connectivity index (χ1n) is 10.5. The van der Waals surface area contributed by atoms with Crippen molar-refractivity contribution >= 4 is 15.9 Å². The van der Waals surface area contributed by atoms with Gasteiger partial charge in [-0.1, -0.05) is 12.1 Å². The molecule has 1 fully saturated rings. The van der Waals surface area contributed by atoms with Gasteiger partial charge in [-0.05, 0) is 68.0 Å². The van der Waals surface area contributed by atoms with Crippen molar-refractivity contribution < 1.29 is 22.7 Å². The van der Waals surface area contributed by atoms with Crippen molar-refractivity contribution in [2.75, 3.05) is 33.9 Å². The molecule has 1 amide bonds. The molecule has 31 heavy (non-hydrogen) atoms. The molecule has 0 spiro atoms. The molecule has 0 radical (unpaired) electrons. The van der Waals surface area contributed by atoms with Crippen molar-refractivity contribution in [3.05, 3.63) is 53.1 Å². The van der Waals surface area contributed by atoms with E-state index in [2.05, 4.69) is 5.32 Å². The van der Waals surface area contributed by atoms with Crippen molar-refractivity contribution in [3.8, 4) is 11.5 Å². The quantitative estimate of drug-likeness (QED) is 0.598. The predicted molar refractivity (Wildman–Crippen MR) is 119 cm³/mol. The molecule has 0 unspecified atom stereocenters. The van der Waals surface area contributed by atoms with Gasteiger partial charge in [-0.15, -0.1) is 0 Å². The first kappa shape index (κ1) is 23.1. The summed E-state index contributed by atoms with van der Waals surface area (Å²) in [6.45, 7) is 3.31. The zero-order chi connectivity index (χ0) is 22.4. The average molecular weight is 447 g/mol. The van der Waals surface area contributed by atoms with Crippen LogP contribution in [0.3, 0.4) is 0 Å². The minimum atomic E-state index is -3.57. The standard InChI is InChI=1S/C23H30N2O5S/c1-17-8-10-19(16-22(17)31(27,28)25-13-4-5-14-25)23(26)24-12-6-7-18-9-11-20(29-2)21(15-18)30-3/h8-11,15-16H,4-7,12-14H2,1-3H3,(H,24,26). The number of benzene rings is 2. The molecule has 0 saturated carbocycles. The number of sulfonamides is 1. The minimum absolute atomic E-state index is 0.215. The number of hydrogen-bond donors (Lipinski definition) is 1. The molecular formula is C23H30N2O5S. The lowest BCUT2D eigenvalue weighted by atomic mass is 10.1. The summed E-state index contributed by atoms with van der Waals surface area (Å²) in [5.41, 5.74) is 2.09. The number of methoxy groups -OCH3 is 2. The number of carbonyl (C=O) groups excluding carboxylic acids is 1. The van der Waals surface area contributed by atoms with Gasteiger partial charge in [-0.2, -0.15) is 4.31 Å². The van der Waals surface area contributed by atoms with Crippen LogP contribution in [0.15, 0.2) is 41.3 Å². The molecule has 3 rings (SSSR count). The lowest BCUT2D eigenvalue weighted by Gasteiger charge is -2.18. The fourth-order valence-electron chi connectivity index (χ4n) is 3.72. The maximum Gasteiger partial charge on any atom is 0.251 e. The van der Waals surface area contributed by atoms with Crippen molar-refractivity contribution in [2.45, 2.75) is 37.5 Å². The summed E-state index contributed by atoms with van der Waals surface area (Å²) >= 11 is 0. The third-order valence-electron chi connectivity index (χ3n) is 5.51. The molecule has 1 aliphatic heterocycles. The van der Waals surface area contributed by atoms with Crippen LogP contribution in [0.2, 0.25) is 0 Å². The van der Waals surface area contributed by atoms with Crippen molar-refractivity contribution in [2.24, 2.45) is 0 Å². The number of hydrogen-bond acceptors (Lipinski definition) is 5. The van der Waals surface area contributed by atoms with E-state index in [0.717, 1.165) is 31.2 Å². The van der Waals surface area contributed by atoms with Crippen molar-refractivity contribution in [1.82, 2.24) is 9.62 Å². The van der Waals surface area contributed by atoms with Crippen LogP contribution in [0.4, 0.5) is 0 Å². The number of amides is 1. The average Bonchev–Trinajstić information content (AvgIpc) is 3.32. The van der Waals surface area contributed by atoms with Crippen LogP contribution < -0.4 is 14.8 Å².